The number of carbonyl (C=O) groups excluding carboxylic acids is 1. The molecular formula is C22H24FN3O. The molecule has 140 valence electrons. The molecule has 0 radical (unpaired) electrons. The predicted octanol–water partition coefficient (Wildman–Crippen LogP) is 4.47. The molecular weight excluding hydrogens is 341 g/mol. The fraction of sp³-hybridized carbons (Fsp3) is 0.364. The Morgan fingerprint density at radius 1 is 1.11 bits per heavy atom. The van der Waals surface area contributed by atoms with Crippen LogP contribution in [-0.2, 0) is 11.3 Å². The lowest BCUT2D eigenvalue weighted by molar-refractivity contribution is -0.118. The van der Waals surface area contributed by atoms with E-state index in [4.69, 9.17) is 0 Å². The summed E-state index contributed by atoms with van der Waals surface area (Å²) in [6.45, 7) is 0.861. The number of para-hydroxylation sites is 1. The van der Waals surface area contributed by atoms with E-state index < -0.39 is 0 Å². The van der Waals surface area contributed by atoms with Crippen LogP contribution in [0.15, 0.2) is 48.5 Å². The summed E-state index contributed by atoms with van der Waals surface area (Å²) in [7, 11) is 0. The van der Waals surface area contributed by atoms with Crippen LogP contribution < -0.4 is 5.32 Å². The SMILES string of the molecule is N#Cc1ccccc1NC(=O)CN(Cc1ccc(F)cc1)C1CCCCC1. The maximum atomic E-state index is 13.2. The predicted molar refractivity (Wildman–Crippen MR) is 103 cm³/mol. The van der Waals surface area contributed by atoms with Crippen molar-refractivity contribution in [3.05, 3.63) is 65.5 Å². The summed E-state index contributed by atoms with van der Waals surface area (Å²) in [4.78, 5) is 14.8. The average molecular weight is 365 g/mol. The van der Waals surface area contributed by atoms with Gasteiger partial charge in [-0.1, -0.05) is 43.5 Å². The Hall–Kier alpha value is -2.71. The Morgan fingerprint density at radius 3 is 2.52 bits per heavy atom. The monoisotopic (exact) mass is 365 g/mol. The molecule has 27 heavy (non-hydrogen) atoms. The molecule has 4 nitrogen and oxygen atoms in total. The first-order chi connectivity index (χ1) is 13.2. The first-order valence-corrected chi connectivity index (χ1v) is 9.43. The van der Waals surface area contributed by atoms with Crippen molar-refractivity contribution >= 4 is 11.6 Å². The van der Waals surface area contributed by atoms with Crippen molar-refractivity contribution in [1.82, 2.24) is 4.90 Å². The van der Waals surface area contributed by atoms with Crippen LogP contribution in [0, 0.1) is 17.1 Å². The Morgan fingerprint density at radius 2 is 1.81 bits per heavy atom. The molecule has 0 bridgehead atoms. The molecule has 1 aliphatic rings. The molecule has 0 heterocycles. The molecule has 1 N–H and O–H groups in total. The molecule has 3 rings (SSSR count). The number of anilines is 1. The van der Waals surface area contributed by atoms with Gasteiger partial charge in [0.2, 0.25) is 5.91 Å². The van der Waals surface area contributed by atoms with Crippen LogP contribution in [0.4, 0.5) is 10.1 Å². The lowest BCUT2D eigenvalue weighted by Crippen LogP contribution is -2.41. The van der Waals surface area contributed by atoms with Gasteiger partial charge in [0.1, 0.15) is 11.9 Å². The number of rotatable bonds is 6. The van der Waals surface area contributed by atoms with Crippen molar-refractivity contribution in [3.63, 3.8) is 0 Å². The van der Waals surface area contributed by atoms with E-state index in [9.17, 15) is 14.4 Å². The smallest absolute Gasteiger partial charge is 0.238 e. The van der Waals surface area contributed by atoms with Crippen LogP contribution in [0.5, 0.6) is 0 Å². The van der Waals surface area contributed by atoms with Gasteiger partial charge < -0.3 is 5.32 Å². The number of nitrogens with zero attached hydrogens (tertiary/aromatic N) is 2. The first-order valence-electron chi connectivity index (χ1n) is 9.43. The number of carbonyl (C=O) groups is 1. The number of halogens is 1. The normalized spacial score (nSPS) is 14.7. The highest BCUT2D eigenvalue weighted by molar-refractivity contribution is 5.93. The van der Waals surface area contributed by atoms with Crippen molar-refractivity contribution in [1.29, 1.82) is 5.26 Å². The zero-order chi connectivity index (χ0) is 19.1. The van der Waals surface area contributed by atoms with E-state index in [2.05, 4.69) is 16.3 Å². The van der Waals surface area contributed by atoms with Crippen LogP contribution in [-0.4, -0.2) is 23.4 Å². The summed E-state index contributed by atoms with van der Waals surface area (Å²) >= 11 is 0. The van der Waals surface area contributed by atoms with Crippen LogP contribution in [0.25, 0.3) is 0 Å². The number of nitrogens with one attached hydrogen (secondary N) is 1. The molecule has 0 unspecified atom stereocenters. The third-order valence-corrected chi connectivity index (χ3v) is 5.06. The highest BCUT2D eigenvalue weighted by atomic mass is 19.1. The molecule has 0 aromatic heterocycles. The van der Waals surface area contributed by atoms with Gasteiger partial charge >= 0.3 is 0 Å². The highest BCUT2D eigenvalue weighted by Crippen LogP contribution is 2.24. The van der Waals surface area contributed by atoms with Gasteiger partial charge in [0.15, 0.2) is 0 Å². The van der Waals surface area contributed by atoms with Gasteiger partial charge in [-0.05, 0) is 42.7 Å². The quantitative estimate of drug-likeness (QED) is 0.822. The van der Waals surface area contributed by atoms with Crippen LogP contribution in [0.2, 0.25) is 0 Å². The lowest BCUT2D eigenvalue weighted by atomic mass is 9.93. The van der Waals surface area contributed by atoms with E-state index in [1.807, 2.05) is 0 Å². The second kappa shape index (κ2) is 9.29. The van der Waals surface area contributed by atoms with E-state index in [1.54, 1.807) is 36.4 Å². The van der Waals surface area contributed by atoms with Gasteiger partial charge in [0.25, 0.3) is 0 Å². The maximum absolute atomic E-state index is 13.2. The van der Waals surface area contributed by atoms with Gasteiger partial charge in [-0.25, -0.2) is 4.39 Å². The standard InChI is InChI=1S/C22H24FN3O/c23-19-12-10-17(11-13-19)15-26(20-7-2-1-3-8-20)16-22(27)25-21-9-5-4-6-18(21)14-24/h4-6,9-13,20H,1-3,7-8,15-16H2,(H,25,27). The maximum Gasteiger partial charge on any atom is 0.238 e. The van der Waals surface area contributed by atoms with Crippen molar-refractivity contribution in [3.8, 4) is 6.07 Å². The minimum atomic E-state index is -0.256. The number of hydrogen-bond donors (Lipinski definition) is 1. The van der Waals surface area contributed by atoms with Gasteiger partial charge in [-0.15, -0.1) is 0 Å². The zero-order valence-corrected chi connectivity index (χ0v) is 15.3. The minimum absolute atomic E-state index is 0.134. The van der Waals surface area contributed by atoms with Crippen LogP contribution >= 0.6 is 0 Å². The third kappa shape index (κ3) is 5.38. The fourth-order valence-electron chi connectivity index (χ4n) is 3.65. The lowest BCUT2D eigenvalue weighted by Gasteiger charge is -2.34. The van der Waals surface area contributed by atoms with E-state index in [0.29, 0.717) is 23.8 Å². The molecule has 1 saturated carbocycles. The summed E-state index contributed by atoms with van der Waals surface area (Å²) in [6.07, 6.45) is 5.72. The number of hydrogen-bond acceptors (Lipinski definition) is 3. The van der Waals surface area contributed by atoms with E-state index in [1.165, 1.54) is 31.4 Å². The Labute approximate surface area is 159 Å². The number of amides is 1. The Bertz CT molecular complexity index is 807. The van der Waals surface area contributed by atoms with Crippen LogP contribution in [0.3, 0.4) is 0 Å². The van der Waals surface area contributed by atoms with Gasteiger partial charge in [0.05, 0.1) is 17.8 Å². The van der Waals surface area contributed by atoms with Gasteiger partial charge in [-0.3, -0.25) is 9.69 Å². The molecule has 0 aliphatic heterocycles. The summed E-state index contributed by atoms with van der Waals surface area (Å²) in [6, 6.07) is 15.9. The Kier molecular flexibility index (Phi) is 6.56. The molecule has 0 spiro atoms. The van der Waals surface area contributed by atoms with Crippen LogP contribution in [0.1, 0.15) is 43.2 Å². The van der Waals surface area contributed by atoms with Gasteiger partial charge in [-0.2, -0.15) is 5.26 Å². The second-order valence-corrected chi connectivity index (χ2v) is 7.03. The number of nitriles is 1. The highest BCUT2D eigenvalue weighted by Gasteiger charge is 2.23. The molecule has 1 fully saturated rings. The zero-order valence-electron chi connectivity index (χ0n) is 15.3. The van der Waals surface area contributed by atoms with Gasteiger partial charge in [0, 0.05) is 12.6 Å². The molecule has 2 aromatic carbocycles. The van der Waals surface area contributed by atoms with E-state index in [-0.39, 0.29) is 18.3 Å². The molecule has 0 saturated heterocycles. The summed E-state index contributed by atoms with van der Waals surface area (Å²) in [5.74, 6) is -0.390. The molecule has 0 atom stereocenters. The molecule has 1 aliphatic carbocycles. The first kappa shape index (κ1) is 19.1. The minimum Gasteiger partial charge on any atom is -0.324 e. The van der Waals surface area contributed by atoms with Crippen molar-refractivity contribution < 1.29 is 9.18 Å². The van der Waals surface area contributed by atoms with Crippen molar-refractivity contribution in [2.24, 2.45) is 0 Å². The second-order valence-electron chi connectivity index (χ2n) is 7.03. The molecule has 2 aromatic rings. The summed E-state index contributed by atoms with van der Waals surface area (Å²) in [5, 5.41) is 12.1. The molecule has 5 heteroatoms. The third-order valence-electron chi connectivity index (χ3n) is 5.06. The summed E-state index contributed by atoms with van der Waals surface area (Å²) < 4.78 is 13.2. The molecule has 1 amide bonds. The van der Waals surface area contributed by atoms with E-state index in [0.717, 1.165) is 18.4 Å². The average Bonchev–Trinajstić information content (AvgIpc) is 2.70. The summed E-state index contributed by atoms with van der Waals surface area (Å²) in [5.41, 5.74) is 1.98. The fourth-order valence-corrected chi connectivity index (χ4v) is 3.65. The van der Waals surface area contributed by atoms with E-state index >= 15 is 0 Å². The Balaban J connectivity index is 1.71. The van der Waals surface area contributed by atoms with Crippen molar-refractivity contribution in [2.45, 2.75) is 44.7 Å². The number of benzene rings is 2. The topological polar surface area (TPSA) is 56.1 Å². The van der Waals surface area contributed by atoms with Crippen molar-refractivity contribution in [2.75, 3.05) is 11.9 Å². The largest absolute Gasteiger partial charge is 0.324 e.